The monoisotopic (exact) mass is 567 g/mol. The molecule has 0 radical (unpaired) electrons. The minimum Gasteiger partial charge on any atom is -0.451 e. The number of ether oxygens (including phenoxy) is 2. The van der Waals surface area contributed by atoms with Crippen LogP contribution in [0.3, 0.4) is 0 Å². The molecule has 5 rings (SSSR count). The predicted octanol–water partition coefficient (Wildman–Crippen LogP) is 4.28. The fourth-order valence-corrected chi connectivity index (χ4v) is 5.91. The van der Waals surface area contributed by atoms with Gasteiger partial charge in [0, 0.05) is 32.8 Å². The van der Waals surface area contributed by atoms with Gasteiger partial charge in [-0.2, -0.15) is 5.26 Å². The van der Waals surface area contributed by atoms with Crippen LogP contribution in [0.15, 0.2) is 35.4 Å². The van der Waals surface area contributed by atoms with E-state index in [1.54, 1.807) is 42.0 Å². The number of benzene rings is 2. The van der Waals surface area contributed by atoms with Gasteiger partial charge in [-0.1, -0.05) is 6.92 Å². The topological polar surface area (TPSA) is 108 Å². The van der Waals surface area contributed by atoms with Crippen molar-refractivity contribution in [2.24, 2.45) is 0 Å². The normalized spacial score (nSPS) is 18.3. The van der Waals surface area contributed by atoms with Crippen LogP contribution >= 0.6 is 12.1 Å². The van der Waals surface area contributed by atoms with Crippen molar-refractivity contribution in [3.63, 3.8) is 0 Å². The van der Waals surface area contributed by atoms with Gasteiger partial charge in [-0.05, 0) is 63.7 Å². The number of rotatable bonds is 8. The van der Waals surface area contributed by atoms with Crippen LogP contribution in [0, 0.1) is 17.1 Å². The van der Waals surface area contributed by atoms with Crippen molar-refractivity contribution in [3.05, 3.63) is 52.3 Å². The Labute approximate surface area is 237 Å². The smallest absolute Gasteiger partial charge is 0.263 e. The van der Waals surface area contributed by atoms with Gasteiger partial charge in [0.25, 0.3) is 5.56 Å². The highest BCUT2D eigenvalue weighted by atomic mass is 32.2. The molecule has 0 bridgehead atoms. The van der Waals surface area contributed by atoms with E-state index in [2.05, 4.69) is 21.1 Å². The fourth-order valence-electron chi connectivity index (χ4n) is 5.36. The fraction of sp³-hybridized carbons (Fsp3) is 0.464. The number of nitrogens with one attached hydrogen (secondary N) is 2. The molecule has 0 amide bonds. The van der Waals surface area contributed by atoms with E-state index >= 15 is 4.39 Å². The largest absolute Gasteiger partial charge is 0.451 e. The van der Waals surface area contributed by atoms with E-state index in [0.717, 1.165) is 38.9 Å². The highest BCUT2D eigenvalue weighted by Crippen LogP contribution is 2.41. The first kappa shape index (κ1) is 28.2. The van der Waals surface area contributed by atoms with Crippen molar-refractivity contribution >= 4 is 34.4 Å². The van der Waals surface area contributed by atoms with Crippen molar-refractivity contribution in [1.82, 2.24) is 19.2 Å². The third kappa shape index (κ3) is 5.34. The van der Waals surface area contributed by atoms with Gasteiger partial charge in [-0.25, -0.2) is 13.7 Å². The molecule has 1 atom stereocenters. The Balaban J connectivity index is 1.55. The van der Waals surface area contributed by atoms with Gasteiger partial charge in [0.2, 0.25) is 0 Å². The molecule has 2 aromatic carbocycles. The van der Waals surface area contributed by atoms with Crippen molar-refractivity contribution < 1.29 is 13.9 Å². The number of hydrogen-bond acceptors (Lipinski definition) is 10. The summed E-state index contributed by atoms with van der Waals surface area (Å²) in [5.41, 5.74) is 0.988. The third-order valence-corrected chi connectivity index (χ3v) is 8.50. The molecule has 2 N–H and O–H groups in total. The number of nitrogens with zero attached hydrogens (tertiary/aromatic N) is 5. The molecule has 10 nitrogen and oxygen atoms in total. The van der Waals surface area contributed by atoms with Gasteiger partial charge in [-0.3, -0.25) is 9.36 Å². The molecule has 2 fully saturated rings. The van der Waals surface area contributed by atoms with E-state index in [1.165, 1.54) is 24.3 Å². The Morgan fingerprint density at radius 3 is 2.77 bits per heavy atom. The van der Waals surface area contributed by atoms with Crippen molar-refractivity contribution in [2.75, 3.05) is 57.0 Å². The van der Waals surface area contributed by atoms with E-state index in [1.807, 2.05) is 18.3 Å². The van der Waals surface area contributed by atoms with Crippen LogP contribution in [0.1, 0.15) is 37.8 Å². The van der Waals surface area contributed by atoms with E-state index in [4.69, 9.17) is 9.47 Å². The standard InChI is InChI=1S/C28H34FN7O3S/c1-5-35(4)40-33-21-7-6-20(29)26(19(21)15-30)39-23-9-8-22-24(25(23)34(2)3)27(37)36(17-32-22)18-14-28(38-16-18)10-12-31-13-11-28/h6-9,17-18,31,33H,5,10-14,16H2,1-4H3. The molecule has 2 aliphatic rings. The van der Waals surface area contributed by atoms with Crippen molar-refractivity contribution in [3.8, 4) is 17.6 Å². The Kier molecular flexibility index (Phi) is 8.19. The Morgan fingerprint density at radius 2 is 2.08 bits per heavy atom. The quantitative estimate of drug-likeness (QED) is 0.383. The van der Waals surface area contributed by atoms with Gasteiger partial charge < -0.3 is 24.4 Å². The zero-order valence-electron chi connectivity index (χ0n) is 23.2. The number of anilines is 2. The third-order valence-electron chi connectivity index (χ3n) is 7.62. The molecule has 1 aromatic heterocycles. The SMILES string of the molecule is CCN(C)SNc1ccc(F)c(Oc2ccc3ncn(C4COC5(CCNCC5)C4)c(=O)c3c2N(C)C)c1C#N. The molecule has 2 saturated heterocycles. The summed E-state index contributed by atoms with van der Waals surface area (Å²) in [5, 5.41) is 13.7. The Bertz CT molecular complexity index is 1500. The molecule has 2 aliphatic heterocycles. The maximum Gasteiger partial charge on any atom is 0.263 e. The number of aromatic nitrogens is 2. The number of halogens is 1. The highest BCUT2D eigenvalue weighted by molar-refractivity contribution is 7.98. The van der Waals surface area contributed by atoms with E-state index in [9.17, 15) is 10.1 Å². The van der Waals surface area contributed by atoms with Crippen LogP contribution in [0.4, 0.5) is 15.8 Å². The molecule has 3 heterocycles. The molecule has 212 valence electrons. The van der Waals surface area contributed by atoms with Crippen LogP contribution in [0.2, 0.25) is 0 Å². The highest BCUT2D eigenvalue weighted by Gasteiger charge is 2.42. The average molecular weight is 568 g/mol. The molecule has 12 heteroatoms. The molecule has 0 saturated carbocycles. The second-order valence-corrected chi connectivity index (χ2v) is 11.4. The minimum atomic E-state index is -0.681. The summed E-state index contributed by atoms with van der Waals surface area (Å²) in [7, 11) is 5.48. The Hall–Kier alpha value is -3.37. The molecular weight excluding hydrogens is 533 g/mol. The van der Waals surface area contributed by atoms with E-state index < -0.39 is 5.82 Å². The molecule has 3 aromatic rings. The molecule has 1 spiro atoms. The summed E-state index contributed by atoms with van der Waals surface area (Å²) in [6.07, 6.45) is 4.16. The molecular formula is C28H34FN7O3S. The maximum atomic E-state index is 15.1. The lowest BCUT2D eigenvalue weighted by Gasteiger charge is -2.32. The van der Waals surface area contributed by atoms with Crippen molar-refractivity contribution in [2.45, 2.75) is 37.8 Å². The van der Waals surface area contributed by atoms with Gasteiger partial charge in [0.1, 0.15) is 11.6 Å². The Morgan fingerprint density at radius 1 is 1.30 bits per heavy atom. The molecule has 1 unspecified atom stereocenters. The summed E-state index contributed by atoms with van der Waals surface area (Å²) in [4.78, 5) is 20.3. The summed E-state index contributed by atoms with van der Waals surface area (Å²) in [5.74, 6) is -0.645. The first-order valence-electron chi connectivity index (χ1n) is 13.4. The minimum absolute atomic E-state index is 0.0285. The number of nitriles is 1. The lowest BCUT2D eigenvalue weighted by atomic mass is 9.88. The van der Waals surface area contributed by atoms with Crippen LogP contribution in [-0.2, 0) is 4.74 Å². The zero-order chi connectivity index (χ0) is 28.4. The molecule has 40 heavy (non-hydrogen) atoms. The van der Waals surface area contributed by atoms with Crippen LogP contribution in [0.25, 0.3) is 10.9 Å². The lowest BCUT2D eigenvalue weighted by Crippen LogP contribution is -2.41. The summed E-state index contributed by atoms with van der Waals surface area (Å²) in [6.45, 7) is 5.01. The van der Waals surface area contributed by atoms with Gasteiger partial charge in [0.15, 0.2) is 17.3 Å². The number of hydrogen-bond donors (Lipinski definition) is 2. The van der Waals surface area contributed by atoms with Gasteiger partial charge in [0.05, 0.1) is 46.9 Å². The summed E-state index contributed by atoms with van der Waals surface area (Å²) in [6, 6.07) is 8.03. The summed E-state index contributed by atoms with van der Waals surface area (Å²) >= 11 is 1.29. The number of fused-ring (bicyclic) bond motifs is 1. The van der Waals surface area contributed by atoms with Crippen LogP contribution in [-0.4, -0.2) is 66.8 Å². The van der Waals surface area contributed by atoms with Gasteiger partial charge in [-0.15, -0.1) is 0 Å². The van der Waals surface area contributed by atoms with Crippen LogP contribution < -0.4 is 25.2 Å². The zero-order valence-corrected chi connectivity index (χ0v) is 24.0. The first-order chi connectivity index (χ1) is 19.3. The second-order valence-electron chi connectivity index (χ2n) is 10.4. The molecule has 0 aliphatic carbocycles. The van der Waals surface area contributed by atoms with Crippen LogP contribution in [0.5, 0.6) is 11.5 Å². The second kappa shape index (κ2) is 11.6. The van der Waals surface area contributed by atoms with E-state index in [-0.39, 0.29) is 34.3 Å². The first-order valence-corrected chi connectivity index (χ1v) is 14.1. The average Bonchev–Trinajstić information content (AvgIpc) is 3.35. The summed E-state index contributed by atoms with van der Waals surface area (Å²) < 4.78 is 34.1. The van der Waals surface area contributed by atoms with Gasteiger partial charge >= 0.3 is 0 Å². The predicted molar refractivity (Wildman–Crippen MR) is 155 cm³/mol. The lowest BCUT2D eigenvalue weighted by molar-refractivity contribution is -0.0196. The van der Waals surface area contributed by atoms with E-state index in [0.29, 0.717) is 28.9 Å². The van der Waals surface area contributed by atoms with Crippen molar-refractivity contribution in [1.29, 1.82) is 5.26 Å². The number of piperidine rings is 1. The maximum absolute atomic E-state index is 15.1.